The van der Waals surface area contributed by atoms with Crippen molar-refractivity contribution in [2.75, 3.05) is 13.6 Å². The molecule has 2 unspecified atom stereocenters. The smallest absolute Gasteiger partial charge is 0.256 e. The van der Waals surface area contributed by atoms with Crippen LogP contribution in [0.4, 0.5) is 0 Å². The number of carbonyl (C=O) groups excluding carboxylic acids is 1. The van der Waals surface area contributed by atoms with E-state index < -0.39 is 0 Å². The van der Waals surface area contributed by atoms with Crippen molar-refractivity contribution in [3.05, 3.63) is 22.6 Å². The van der Waals surface area contributed by atoms with Crippen molar-refractivity contribution < 1.29 is 14.3 Å². The van der Waals surface area contributed by atoms with Crippen molar-refractivity contribution in [2.24, 2.45) is 5.92 Å². The molecule has 1 aromatic heterocycles. The third kappa shape index (κ3) is 3.14. The fourth-order valence-corrected chi connectivity index (χ4v) is 2.82. The SMILES string of the molecule is CN(CC1CCCCC1O)C(=O)c1coc(Br)c1. The number of furan rings is 1. The first-order chi connectivity index (χ1) is 8.58. The number of hydrogen-bond acceptors (Lipinski definition) is 3. The average molecular weight is 316 g/mol. The van der Waals surface area contributed by atoms with Crippen LogP contribution in [0.3, 0.4) is 0 Å². The van der Waals surface area contributed by atoms with E-state index in [0.29, 0.717) is 16.8 Å². The van der Waals surface area contributed by atoms with Gasteiger partial charge in [0.1, 0.15) is 6.26 Å². The molecule has 0 aliphatic heterocycles. The lowest BCUT2D eigenvalue weighted by atomic mass is 9.86. The number of amides is 1. The third-order valence-corrected chi connectivity index (χ3v) is 3.95. The first-order valence-corrected chi connectivity index (χ1v) is 7.05. The summed E-state index contributed by atoms with van der Waals surface area (Å²) in [6.45, 7) is 0.600. The van der Waals surface area contributed by atoms with E-state index in [1.54, 1.807) is 18.0 Å². The number of nitrogens with zero attached hydrogens (tertiary/aromatic N) is 1. The Bertz CT molecular complexity index is 418. The van der Waals surface area contributed by atoms with Crippen molar-refractivity contribution in [1.82, 2.24) is 4.90 Å². The lowest BCUT2D eigenvalue weighted by Crippen LogP contribution is -2.37. The van der Waals surface area contributed by atoms with Crippen LogP contribution < -0.4 is 0 Å². The molecule has 4 nitrogen and oxygen atoms in total. The second kappa shape index (κ2) is 5.89. The molecule has 0 radical (unpaired) electrons. The summed E-state index contributed by atoms with van der Waals surface area (Å²) in [4.78, 5) is 13.8. The van der Waals surface area contributed by atoms with Gasteiger partial charge in [0.05, 0.1) is 11.7 Å². The van der Waals surface area contributed by atoms with Crippen LogP contribution >= 0.6 is 15.9 Å². The Hall–Kier alpha value is -0.810. The van der Waals surface area contributed by atoms with Gasteiger partial charge in [-0.1, -0.05) is 12.8 Å². The van der Waals surface area contributed by atoms with Crippen molar-refractivity contribution in [3.8, 4) is 0 Å². The second-order valence-electron chi connectivity index (χ2n) is 4.94. The number of aliphatic hydroxyl groups is 1. The maximum Gasteiger partial charge on any atom is 0.256 e. The highest BCUT2D eigenvalue weighted by Gasteiger charge is 2.26. The summed E-state index contributed by atoms with van der Waals surface area (Å²) in [7, 11) is 1.77. The van der Waals surface area contributed by atoms with Gasteiger partial charge in [-0.3, -0.25) is 4.79 Å². The number of halogens is 1. The highest BCUT2D eigenvalue weighted by Crippen LogP contribution is 2.25. The Morgan fingerprint density at radius 3 is 2.89 bits per heavy atom. The minimum Gasteiger partial charge on any atom is -0.457 e. The summed E-state index contributed by atoms with van der Waals surface area (Å²) in [5, 5.41) is 9.91. The summed E-state index contributed by atoms with van der Waals surface area (Å²) in [6, 6.07) is 1.66. The quantitative estimate of drug-likeness (QED) is 0.933. The summed E-state index contributed by atoms with van der Waals surface area (Å²) in [6.07, 6.45) is 5.24. The molecule has 18 heavy (non-hydrogen) atoms. The van der Waals surface area contributed by atoms with Crippen LogP contribution in [0.1, 0.15) is 36.0 Å². The Morgan fingerprint density at radius 2 is 2.28 bits per heavy atom. The Morgan fingerprint density at radius 1 is 1.56 bits per heavy atom. The van der Waals surface area contributed by atoms with Gasteiger partial charge in [0.15, 0.2) is 4.67 Å². The lowest BCUT2D eigenvalue weighted by Gasteiger charge is -2.31. The first kappa shape index (κ1) is 13.6. The molecular weight excluding hydrogens is 298 g/mol. The van der Waals surface area contributed by atoms with Crippen LogP contribution in [-0.4, -0.2) is 35.6 Å². The van der Waals surface area contributed by atoms with Gasteiger partial charge < -0.3 is 14.4 Å². The zero-order chi connectivity index (χ0) is 13.1. The zero-order valence-electron chi connectivity index (χ0n) is 10.4. The normalized spacial score (nSPS) is 23.9. The Balaban J connectivity index is 1.94. The second-order valence-corrected chi connectivity index (χ2v) is 5.72. The molecule has 0 aromatic carbocycles. The fraction of sp³-hybridized carbons (Fsp3) is 0.615. The highest BCUT2D eigenvalue weighted by atomic mass is 79.9. The van der Waals surface area contributed by atoms with E-state index in [0.717, 1.165) is 25.7 Å². The lowest BCUT2D eigenvalue weighted by molar-refractivity contribution is 0.0451. The fourth-order valence-electron chi connectivity index (χ4n) is 2.48. The Kier molecular flexibility index (Phi) is 4.45. The van der Waals surface area contributed by atoms with E-state index in [1.807, 2.05) is 0 Å². The Labute approximate surface area is 115 Å². The molecule has 0 bridgehead atoms. The zero-order valence-corrected chi connectivity index (χ0v) is 12.0. The van der Waals surface area contributed by atoms with E-state index in [4.69, 9.17) is 4.42 Å². The maximum absolute atomic E-state index is 12.1. The number of carbonyl (C=O) groups is 1. The molecule has 0 saturated heterocycles. The molecule has 100 valence electrons. The maximum atomic E-state index is 12.1. The van der Waals surface area contributed by atoms with Crippen LogP contribution in [0.25, 0.3) is 0 Å². The largest absolute Gasteiger partial charge is 0.457 e. The van der Waals surface area contributed by atoms with Gasteiger partial charge in [0.25, 0.3) is 5.91 Å². The highest BCUT2D eigenvalue weighted by molar-refractivity contribution is 9.10. The molecule has 2 atom stereocenters. The molecule has 1 heterocycles. The molecule has 1 aromatic rings. The molecule has 2 rings (SSSR count). The van der Waals surface area contributed by atoms with E-state index in [-0.39, 0.29) is 17.9 Å². The molecule has 1 aliphatic rings. The van der Waals surface area contributed by atoms with Gasteiger partial charge in [-0.05, 0) is 28.8 Å². The first-order valence-electron chi connectivity index (χ1n) is 6.25. The molecule has 1 fully saturated rings. The molecule has 1 N–H and O–H groups in total. The summed E-state index contributed by atoms with van der Waals surface area (Å²) < 4.78 is 5.62. The van der Waals surface area contributed by atoms with E-state index >= 15 is 0 Å². The van der Waals surface area contributed by atoms with Gasteiger partial charge in [0.2, 0.25) is 0 Å². The van der Waals surface area contributed by atoms with Crippen molar-refractivity contribution >= 4 is 21.8 Å². The molecule has 5 heteroatoms. The number of rotatable bonds is 3. The molecular formula is C13H18BrNO3. The summed E-state index contributed by atoms with van der Waals surface area (Å²) in [5.41, 5.74) is 0.537. The van der Waals surface area contributed by atoms with Gasteiger partial charge in [0, 0.05) is 25.6 Å². The van der Waals surface area contributed by atoms with Gasteiger partial charge >= 0.3 is 0 Å². The van der Waals surface area contributed by atoms with Crippen molar-refractivity contribution in [2.45, 2.75) is 31.8 Å². The van der Waals surface area contributed by atoms with Crippen LogP contribution in [0.2, 0.25) is 0 Å². The number of aliphatic hydroxyl groups excluding tert-OH is 1. The van der Waals surface area contributed by atoms with Crippen molar-refractivity contribution in [1.29, 1.82) is 0 Å². The van der Waals surface area contributed by atoms with Gasteiger partial charge in [-0.2, -0.15) is 0 Å². The minimum absolute atomic E-state index is 0.0674. The van der Waals surface area contributed by atoms with Crippen LogP contribution in [0.15, 0.2) is 21.4 Å². The van der Waals surface area contributed by atoms with E-state index in [9.17, 15) is 9.90 Å². The van der Waals surface area contributed by atoms with E-state index in [2.05, 4.69) is 15.9 Å². The van der Waals surface area contributed by atoms with Crippen LogP contribution in [0.5, 0.6) is 0 Å². The van der Waals surface area contributed by atoms with Crippen molar-refractivity contribution in [3.63, 3.8) is 0 Å². The van der Waals surface area contributed by atoms with Crippen LogP contribution in [0, 0.1) is 5.92 Å². The molecule has 0 spiro atoms. The van der Waals surface area contributed by atoms with Gasteiger partial charge in [-0.15, -0.1) is 0 Å². The minimum atomic E-state index is -0.273. The predicted octanol–water partition coefficient (Wildman–Crippen LogP) is 2.67. The average Bonchev–Trinajstić information content (AvgIpc) is 2.78. The topological polar surface area (TPSA) is 53.7 Å². The number of hydrogen-bond donors (Lipinski definition) is 1. The summed E-state index contributed by atoms with van der Waals surface area (Å²) in [5.74, 6) is 0.130. The molecule has 1 amide bonds. The standard InChI is InChI=1S/C13H18BrNO3/c1-15(7-9-4-2-3-5-11(9)16)13(17)10-6-12(14)18-8-10/h6,8-9,11,16H,2-5,7H2,1H3. The monoisotopic (exact) mass is 315 g/mol. The van der Waals surface area contributed by atoms with E-state index in [1.165, 1.54) is 6.26 Å². The molecule has 1 saturated carbocycles. The van der Waals surface area contributed by atoms with Crippen LogP contribution in [-0.2, 0) is 0 Å². The predicted molar refractivity (Wildman–Crippen MR) is 71.3 cm³/mol. The third-order valence-electron chi connectivity index (χ3n) is 3.54. The van der Waals surface area contributed by atoms with Gasteiger partial charge in [-0.25, -0.2) is 0 Å². The summed E-state index contributed by atoms with van der Waals surface area (Å²) >= 11 is 3.18. The molecule has 1 aliphatic carbocycles.